The summed E-state index contributed by atoms with van der Waals surface area (Å²) in [5.41, 5.74) is 3.28. The zero-order valence-electron chi connectivity index (χ0n) is 16.5. The van der Waals surface area contributed by atoms with E-state index >= 15 is 0 Å². The molecule has 1 atom stereocenters. The Hall–Kier alpha value is -3.05. The van der Waals surface area contributed by atoms with Crippen LogP contribution in [-0.4, -0.2) is 40.6 Å². The van der Waals surface area contributed by atoms with Crippen LogP contribution in [0.15, 0.2) is 66.7 Å². The largest absolute Gasteiger partial charge is 0.581 e. The number of hydrogen-bond acceptors (Lipinski definition) is 4. The van der Waals surface area contributed by atoms with Crippen LogP contribution < -0.4 is 9.64 Å². The molecule has 0 spiro atoms. The maximum Gasteiger partial charge on any atom is 0.282 e. The minimum Gasteiger partial charge on any atom is -0.581 e. The number of benzene rings is 3. The number of phenols is 2. The Bertz CT molecular complexity index is 976. The molecule has 5 nitrogen and oxygen atoms in total. The summed E-state index contributed by atoms with van der Waals surface area (Å²) in [6, 6.07) is 20.7. The second kappa shape index (κ2) is 9.18. The fourth-order valence-electron chi connectivity index (χ4n) is 3.71. The number of fused-ring (bicyclic) bond motifs is 1. The summed E-state index contributed by atoms with van der Waals surface area (Å²) >= 11 is 5.69. The summed E-state index contributed by atoms with van der Waals surface area (Å²) < 4.78 is 10.3. The summed E-state index contributed by atoms with van der Waals surface area (Å²) in [7, 11) is 0. The molecule has 0 radical (unpaired) electrons. The number of alkyl halides is 1. The quantitative estimate of drug-likeness (QED) is 0.440. The molecule has 1 aliphatic heterocycles. The third-order valence-electron chi connectivity index (χ3n) is 5.23. The lowest BCUT2D eigenvalue weighted by atomic mass is 9.99. The van der Waals surface area contributed by atoms with Gasteiger partial charge in [0.05, 0.1) is 17.9 Å². The third-order valence-corrected chi connectivity index (χ3v) is 5.38. The Labute approximate surface area is 181 Å². The predicted molar refractivity (Wildman–Crippen MR) is 119 cm³/mol. The van der Waals surface area contributed by atoms with Crippen LogP contribution in [0.2, 0.25) is 0 Å². The minimum atomic E-state index is 0.173. The predicted octanol–water partition coefficient (Wildman–Crippen LogP) is 4.76. The lowest BCUT2D eigenvalue weighted by molar-refractivity contribution is 0.0618. The van der Waals surface area contributed by atoms with Crippen LogP contribution in [0.4, 0.5) is 5.69 Å². The van der Waals surface area contributed by atoms with Crippen molar-refractivity contribution in [2.24, 2.45) is 0 Å². The van der Waals surface area contributed by atoms with Crippen molar-refractivity contribution in [2.75, 3.05) is 30.5 Å². The van der Waals surface area contributed by atoms with Gasteiger partial charge < -0.3 is 24.6 Å². The molecule has 156 valence electrons. The van der Waals surface area contributed by atoms with Gasteiger partial charge in [-0.3, -0.25) is 0 Å². The Morgan fingerprint density at radius 1 is 0.967 bits per heavy atom. The Kier molecular flexibility index (Phi) is 6.19. The van der Waals surface area contributed by atoms with Gasteiger partial charge in [0.1, 0.15) is 29.5 Å². The molecule has 0 fully saturated rings. The smallest absolute Gasteiger partial charge is 0.282 e. The number of hydrogen-bond donors (Lipinski definition) is 2. The number of nitrogens with zero attached hydrogens (tertiary/aromatic N) is 1. The normalized spacial score (nSPS) is 15.8. The molecular weight excluding hydrogens is 402 g/mol. The van der Waals surface area contributed by atoms with E-state index in [0.29, 0.717) is 25.6 Å². The molecule has 4 rings (SSSR count). The van der Waals surface area contributed by atoms with E-state index in [1.54, 1.807) is 24.3 Å². The molecule has 0 saturated carbocycles. The van der Waals surface area contributed by atoms with Gasteiger partial charge in [-0.05, 0) is 47.5 Å². The average molecular weight is 427 g/mol. The van der Waals surface area contributed by atoms with Crippen LogP contribution in [0.5, 0.6) is 23.0 Å². The van der Waals surface area contributed by atoms with Crippen LogP contribution in [0.1, 0.15) is 17.0 Å². The summed E-state index contributed by atoms with van der Waals surface area (Å²) in [4.78, 5) is 2.29. The molecule has 0 saturated heterocycles. The lowest BCUT2D eigenvalue weighted by Crippen LogP contribution is -2.28. The third kappa shape index (κ3) is 4.74. The van der Waals surface area contributed by atoms with Crippen molar-refractivity contribution in [1.29, 1.82) is 0 Å². The second-order valence-corrected chi connectivity index (χ2v) is 7.74. The molecule has 1 aliphatic rings. The second-order valence-electron chi connectivity index (χ2n) is 7.36. The van der Waals surface area contributed by atoms with Crippen molar-refractivity contribution in [3.05, 3.63) is 77.9 Å². The molecule has 1 heterocycles. The number of aromatic hydroxyl groups is 3. The van der Waals surface area contributed by atoms with E-state index in [2.05, 4.69) is 17.0 Å². The van der Waals surface area contributed by atoms with E-state index in [0.717, 1.165) is 34.9 Å². The van der Waals surface area contributed by atoms with E-state index in [1.807, 2.05) is 30.3 Å². The van der Waals surface area contributed by atoms with Gasteiger partial charge in [0.2, 0.25) is 0 Å². The molecular formula is C24H25ClNO4+. The van der Waals surface area contributed by atoms with Gasteiger partial charge in [-0.15, -0.1) is 11.6 Å². The zero-order chi connectivity index (χ0) is 20.9. The monoisotopic (exact) mass is 426 g/mol. The van der Waals surface area contributed by atoms with E-state index in [1.165, 1.54) is 0 Å². The first-order valence-electron chi connectivity index (χ1n) is 9.94. The maximum atomic E-state index is 9.94. The van der Waals surface area contributed by atoms with Crippen molar-refractivity contribution in [2.45, 2.75) is 12.5 Å². The summed E-state index contributed by atoms with van der Waals surface area (Å²) in [5, 5.41) is 19.6. The van der Waals surface area contributed by atoms with Gasteiger partial charge in [-0.1, -0.05) is 24.3 Å². The topological polar surface area (TPSA) is 65.7 Å². The van der Waals surface area contributed by atoms with E-state index in [9.17, 15) is 10.2 Å². The van der Waals surface area contributed by atoms with Crippen LogP contribution in [0, 0.1) is 0 Å². The number of anilines is 1. The van der Waals surface area contributed by atoms with E-state index in [-0.39, 0.29) is 17.4 Å². The highest BCUT2D eigenvalue weighted by Gasteiger charge is 2.28. The van der Waals surface area contributed by atoms with Crippen molar-refractivity contribution in [3.8, 4) is 23.0 Å². The van der Waals surface area contributed by atoms with Crippen LogP contribution in [0.3, 0.4) is 0 Å². The van der Waals surface area contributed by atoms with Crippen molar-refractivity contribution in [1.82, 2.24) is 0 Å². The molecule has 0 aliphatic carbocycles. The number of aliphatic hydroxyl groups is 1. The molecule has 6 heteroatoms. The summed E-state index contributed by atoms with van der Waals surface area (Å²) in [6.45, 7) is 2.58. The van der Waals surface area contributed by atoms with Gasteiger partial charge in [0.25, 0.3) is 5.75 Å². The Morgan fingerprint density at radius 3 is 2.43 bits per heavy atom. The van der Waals surface area contributed by atoms with Gasteiger partial charge in [0.15, 0.2) is 6.61 Å². The fourth-order valence-corrected chi connectivity index (χ4v) is 3.79. The maximum absolute atomic E-state index is 9.94. The molecule has 0 amide bonds. The zero-order valence-corrected chi connectivity index (χ0v) is 17.3. The molecule has 3 aromatic carbocycles. The highest BCUT2D eigenvalue weighted by molar-refractivity contribution is 6.18. The van der Waals surface area contributed by atoms with Gasteiger partial charge in [-0.2, -0.15) is 0 Å². The van der Waals surface area contributed by atoms with Gasteiger partial charge in [0, 0.05) is 13.1 Å². The Morgan fingerprint density at radius 2 is 1.70 bits per heavy atom. The molecule has 0 bridgehead atoms. The molecule has 30 heavy (non-hydrogen) atoms. The van der Waals surface area contributed by atoms with Gasteiger partial charge in [-0.25, -0.2) is 0 Å². The van der Waals surface area contributed by atoms with Crippen LogP contribution in [0.25, 0.3) is 0 Å². The first-order valence-corrected chi connectivity index (χ1v) is 10.5. The molecule has 3 aromatic rings. The van der Waals surface area contributed by atoms with Gasteiger partial charge >= 0.3 is 0 Å². The standard InChI is InChI=1S/C24H24ClNO4/c25-11-12-29-22-8-1-17(2-9-22)14-26-15-19(18-3-5-20(27)6-4-18)16-30-24-13-21(28)7-10-23(24)26/h1-10,13,19,27-28H,11-12,14-16H2/p+1. The van der Waals surface area contributed by atoms with E-state index < -0.39 is 0 Å². The molecule has 1 unspecified atom stereocenters. The fraction of sp³-hybridized carbons (Fsp3) is 0.250. The highest BCUT2D eigenvalue weighted by Crippen LogP contribution is 2.38. The Balaban J connectivity index is 1.59. The van der Waals surface area contributed by atoms with Crippen molar-refractivity contribution >= 4 is 17.3 Å². The number of phenolic OH excluding ortho intramolecular Hbond substituents is 2. The van der Waals surface area contributed by atoms with Crippen molar-refractivity contribution < 1.29 is 19.7 Å². The average Bonchev–Trinajstić information content (AvgIpc) is 2.93. The highest BCUT2D eigenvalue weighted by atomic mass is 35.5. The number of ether oxygens (including phenoxy) is 2. The van der Waals surface area contributed by atoms with Crippen LogP contribution >= 0.6 is 11.6 Å². The lowest BCUT2D eigenvalue weighted by Gasteiger charge is -2.25. The first kappa shape index (κ1) is 20.2. The number of halogens is 1. The summed E-state index contributed by atoms with van der Waals surface area (Å²) in [6.07, 6.45) is 0. The van der Waals surface area contributed by atoms with E-state index in [4.69, 9.17) is 21.1 Å². The van der Waals surface area contributed by atoms with Crippen LogP contribution in [-0.2, 0) is 6.54 Å². The summed E-state index contributed by atoms with van der Waals surface area (Å²) in [5.74, 6) is 2.69. The first-order chi connectivity index (χ1) is 14.6. The SMILES string of the molecule is Oc1ccc(C2C[OH+]c3cc(O)ccc3N(Cc3ccc(OCCCl)cc3)C2)cc1. The molecule has 3 N–H and O–H groups in total. The minimum absolute atomic E-state index is 0.173. The molecule has 0 aromatic heterocycles. The number of rotatable bonds is 6. The van der Waals surface area contributed by atoms with Crippen molar-refractivity contribution in [3.63, 3.8) is 0 Å².